The van der Waals surface area contributed by atoms with Crippen molar-refractivity contribution in [2.24, 2.45) is 0 Å². The predicted octanol–water partition coefficient (Wildman–Crippen LogP) is 3.04. The molecule has 0 atom stereocenters. The zero-order chi connectivity index (χ0) is 17.6. The van der Waals surface area contributed by atoms with E-state index in [0.717, 1.165) is 38.2 Å². The molecule has 7 heteroatoms. The molecule has 1 amide bonds. The highest BCUT2D eigenvalue weighted by Gasteiger charge is 2.17. The summed E-state index contributed by atoms with van der Waals surface area (Å²) in [6, 6.07) is 8.21. The first-order valence-electron chi connectivity index (χ1n) is 9.05. The van der Waals surface area contributed by atoms with Crippen LogP contribution in [0.3, 0.4) is 0 Å². The number of benzene rings is 1. The monoisotopic (exact) mass is 378 g/mol. The second-order valence-corrected chi connectivity index (χ2v) is 6.77. The summed E-state index contributed by atoms with van der Waals surface area (Å²) in [5.41, 5.74) is 2.22. The first-order valence-corrected chi connectivity index (χ1v) is 9.05. The molecule has 1 fully saturated rings. The molecule has 0 saturated carbocycles. The predicted molar refractivity (Wildman–Crippen MR) is 103 cm³/mol. The number of hydrogen-bond donors (Lipinski definition) is 1. The molecule has 1 aliphatic heterocycles. The SMILES string of the molecule is CC(C)c1ccc(-c2noc(CCC(=O)N3CCCNCC3)n2)cc1.Cl. The third-order valence-corrected chi connectivity index (χ3v) is 4.55. The third-order valence-electron chi connectivity index (χ3n) is 4.55. The molecular weight excluding hydrogens is 352 g/mol. The van der Waals surface area contributed by atoms with Gasteiger partial charge in [0, 0.05) is 38.0 Å². The number of carbonyl (C=O) groups is 1. The van der Waals surface area contributed by atoms with Gasteiger partial charge >= 0.3 is 0 Å². The van der Waals surface area contributed by atoms with Crippen molar-refractivity contribution in [2.45, 2.75) is 39.0 Å². The van der Waals surface area contributed by atoms with Crippen molar-refractivity contribution in [3.63, 3.8) is 0 Å². The fourth-order valence-corrected chi connectivity index (χ4v) is 2.96. The summed E-state index contributed by atoms with van der Waals surface area (Å²) < 4.78 is 5.31. The number of rotatable bonds is 5. The average molecular weight is 379 g/mol. The molecule has 142 valence electrons. The average Bonchev–Trinajstić information content (AvgIpc) is 2.93. The molecule has 1 aliphatic rings. The van der Waals surface area contributed by atoms with E-state index in [1.165, 1.54) is 5.56 Å². The van der Waals surface area contributed by atoms with E-state index in [0.29, 0.717) is 30.5 Å². The highest BCUT2D eigenvalue weighted by molar-refractivity contribution is 5.85. The van der Waals surface area contributed by atoms with Gasteiger partial charge in [-0.1, -0.05) is 43.3 Å². The molecule has 0 unspecified atom stereocenters. The summed E-state index contributed by atoms with van der Waals surface area (Å²) in [5, 5.41) is 7.35. The van der Waals surface area contributed by atoms with Crippen molar-refractivity contribution < 1.29 is 9.32 Å². The van der Waals surface area contributed by atoms with Gasteiger partial charge in [0.15, 0.2) is 0 Å². The summed E-state index contributed by atoms with van der Waals surface area (Å²) in [6.45, 7) is 7.77. The molecule has 0 spiro atoms. The zero-order valence-electron chi connectivity index (χ0n) is 15.4. The van der Waals surface area contributed by atoms with E-state index >= 15 is 0 Å². The van der Waals surface area contributed by atoms with Crippen molar-refractivity contribution >= 4 is 18.3 Å². The van der Waals surface area contributed by atoms with Crippen LogP contribution in [0.25, 0.3) is 11.4 Å². The summed E-state index contributed by atoms with van der Waals surface area (Å²) in [7, 11) is 0. The van der Waals surface area contributed by atoms with Gasteiger partial charge in [0.1, 0.15) is 0 Å². The maximum absolute atomic E-state index is 12.3. The Kier molecular flexibility index (Phi) is 7.60. The van der Waals surface area contributed by atoms with Crippen LogP contribution in [-0.4, -0.2) is 47.1 Å². The number of aromatic nitrogens is 2. The zero-order valence-corrected chi connectivity index (χ0v) is 16.2. The normalized spacial score (nSPS) is 14.8. The van der Waals surface area contributed by atoms with E-state index in [-0.39, 0.29) is 18.3 Å². The molecule has 2 aromatic rings. The first-order chi connectivity index (χ1) is 12.1. The van der Waals surface area contributed by atoms with E-state index in [4.69, 9.17) is 4.52 Å². The number of nitrogens with one attached hydrogen (secondary N) is 1. The highest BCUT2D eigenvalue weighted by atomic mass is 35.5. The van der Waals surface area contributed by atoms with Crippen LogP contribution in [0, 0.1) is 0 Å². The van der Waals surface area contributed by atoms with Crippen molar-refractivity contribution in [1.29, 1.82) is 0 Å². The summed E-state index contributed by atoms with van der Waals surface area (Å²) >= 11 is 0. The van der Waals surface area contributed by atoms with Crippen LogP contribution in [0.1, 0.15) is 44.1 Å². The Morgan fingerprint density at radius 2 is 2.00 bits per heavy atom. The lowest BCUT2D eigenvalue weighted by Crippen LogP contribution is -2.34. The molecular formula is C19H27ClN4O2. The molecule has 0 aliphatic carbocycles. The maximum atomic E-state index is 12.3. The van der Waals surface area contributed by atoms with Gasteiger partial charge < -0.3 is 14.7 Å². The summed E-state index contributed by atoms with van der Waals surface area (Å²) in [4.78, 5) is 18.7. The number of carbonyl (C=O) groups excluding carboxylic acids is 1. The van der Waals surface area contributed by atoms with E-state index < -0.39 is 0 Å². The first kappa shape index (κ1) is 20.4. The third kappa shape index (κ3) is 5.29. The second kappa shape index (κ2) is 9.69. The summed E-state index contributed by atoms with van der Waals surface area (Å²) in [5.74, 6) is 1.75. The second-order valence-electron chi connectivity index (χ2n) is 6.77. The lowest BCUT2D eigenvalue weighted by Gasteiger charge is -2.19. The molecule has 3 rings (SSSR count). The van der Waals surface area contributed by atoms with Gasteiger partial charge in [-0.2, -0.15) is 4.98 Å². The van der Waals surface area contributed by atoms with Gasteiger partial charge in [0.2, 0.25) is 17.6 Å². The molecule has 1 aromatic carbocycles. The minimum absolute atomic E-state index is 0. The van der Waals surface area contributed by atoms with Gasteiger partial charge in [0.25, 0.3) is 0 Å². The number of amides is 1. The fourth-order valence-electron chi connectivity index (χ4n) is 2.96. The standard InChI is InChI=1S/C19H26N4O2.ClH/c1-14(2)15-4-6-16(7-5-15)19-21-17(25-22-19)8-9-18(24)23-12-3-10-20-11-13-23;/h4-7,14,20H,3,8-13H2,1-2H3;1H. The maximum Gasteiger partial charge on any atom is 0.227 e. The van der Waals surface area contributed by atoms with Gasteiger partial charge in [-0.25, -0.2) is 0 Å². The number of aryl methyl sites for hydroxylation is 1. The van der Waals surface area contributed by atoms with E-state index in [1.807, 2.05) is 17.0 Å². The largest absolute Gasteiger partial charge is 0.341 e. The molecule has 0 radical (unpaired) electrons. The van der Waals surface area contributed by atoms with Gasteiger partial charge in [-0.05, 0) is 24.4 Å². The van der Waals surface area contributed by atoms with Crippen molar-refractivity contribution in [1.82, 2.24) is 20.4 Å². The van der Waals surface area contributed by atoms with Gasteiger partial charge in [0.05, 0.1) is 0 Å². The Labute approximate surface area is 160 Å². The molecule has 0 bridgehead atoms. The van der Waals surface area contributed by atoms with Crippen LogP contribution in [0.4, 0.5) is 0 Å². The molecule has 26 heavy (non-hydrogen) atoms. The van der Waals surface area contributed by atoms with Crippen LogP contribution in [0.5, 0.6) is 0 Å². The molecule has 1 N–H and O–H groups in total. The Hall–Kier alpha value is -1.92. The van der Waals surface area contributed by atoms with Crippen molar-refractivity contribution in [3.05, 3.63) is 35.7 Å². The minimum Gasteiger partial charge on any atom is -0.341 e. The van der Waals surface area contributed by atoms with Crippen LogP contribution in [-0.2, 0) is 11.2 Å². The quantitative estimate of drug-likeness (QED) is 0.865. The van der Waals surface area contributed by atoms with E-state index in [2.05, 4.69) is 41.4 Å². The smallest absolute Gasteiger partial charge is 0.227 e. The van der Waals surface area contributed by atoms with Crippen molar-refractivity contribution in [2.75, 3.05) is 26.2 Å². The Morgan fingerprint density at radius 3 is 2.73 bits per heavy atom. The molecule has 6 nitrogen and oxygen atoms in total. The number of nitrogens with zero attached hydrogens (tertiary/aromatic N) is 3. The Morgan fingerprint density at radius 1 is 1.23 bits per heavy atom. The number of halogens is 1. The van der Waals surface area contributed by atoms with Crippen LogP contribution in [0.15, 0.2) is 28.8 Å². The lowest BCUT2D eigenvalue weighted by molar-refractivity contribution is -0.131. The van der Waals surface area contributed by atoms with Crippen LogP contribution >= 0.6 is 12.4 Å². The lowest BCUT2D eigenvalue weighted by atomic mass is 10.0. The Balaban J connectivity index is 0.00000243. The topological polar surface area (TPSA) is 71.3 Å². The summed E-state index contributed by atoms with van der Waals surface area (Å²) in [6.07, 6.45) is 1.90. The molecule has 1 saturated heterocycles. The minimum atomic E-state index is 0. The van der Waals surface area contributed by atoms with Crippen LogP contribution < -0.4 is 5.32 Å². The van der Waals surface area contributed by atoms with E-state index in [1.54, 1.807) is 0 Å². The van der Waals surface area contributed by atoms with Gasteiger partial charge in [-0.3, -0.25) is 4.79 Å². The van der Waals surface area contributed by atoms with E-state index in [9.17, 15) is 4.79 Å². The van der Waals surface area contributed by atoms with Crippen LogP contribution in [0.2, 0.25) is 0 Å². The highest BCUT2D eigenvalue weighted by Crippen LogP contribution is 2.20. The fraction of sp³-hybridized carbons (Fsp3) is 0.526. The number of hydrogen-bond acceptors (Lipinski definition) is 5. The van der Waals surface area contributed by atoms with Crippen molar-refractivity contribution in [3.8, 4) is 11.4 Å². The molecule has 1 aromatic heterocycles. The Bertz CT molecular complexity index is 692. The van der Waals surface area contributed by atoms with Gasteiger partial charge in [-0.15, -0.1) is 12.4 Å². The molecule has 2 heterocycles.